The van der Waals surface area contributed by atoms with Crippen molar-refractivity contribution in [1.29, 1.82) is 0 Å². The number of alkyl halides is 2. The molecule has 27 heavy (non-hydrogen) atoms. The van der Waals surface area contributed by atoms with Crippen molar-refractivity contribution in [3.05, 3.63) is 29.3 Å². The number of esters is 1. The molecule has 1 aromatic rings. The fourth-order valence-corrected chi connectivity index (χ4v) is 4.76. The Balaban J connectivity index is 2.77. The lowest BCUT2D eigenvalue weighted by Gasteiger charge is -2.26. The van der Waals surface area contributed by atoms with E-state index in [9.17, 15) is 9.59 Å². The van der Waals surface area contributed by atoms with Crippen LogP contribution in [0.4, 0.5) is 5.69 Å². The van der Waals surface area contributed by atoms with Crippen LogP contribution in [0.1, 0.15) is 31.4 Å². The van der Waals surface area contributed by atoms with Crippen LogP contribution in [0.15, 0.2) is 23.4 Å². The number of ether oxygens (including phenoxy) is 1. The Bertz CT molecular complexity index is 668. The van der Waals surface area contributed by atoms with E-state index >= 15 is 0 Å². The van der Waals surface area contributed by atoms with Gasteiger partial charge in [-0.3, -0.25) is 9.59 Å². The van der Waals surface area contributed by atoms with Crippen molar-refractivity contribution in [2.24, 2.45) is 10.6 Å². The molecule has 0 fully saturated rings. The Morgan fingerprint density at radius 2 is 1.74 bits per heavy atom. The van der Waals surface area contributed by atoms with Crippen LogP contribution in [-0.4, -0.2) is 39.7 Å². The van der Waals surface area contributed by atoms with Gasteiger partial charge in [0, 0.05) is 20.0 Å². The maximum Gasteiger partial charge on any atom is 0.311 e. The molecular weight excluding hydrogens is 574 g/mol. The van der Waals surface area contributed by atoms with Gasteiger partial charge >= 0.3 is 5.97 Å². The van der Waals surface area contributed by atoms with E-state index in [0.717, 1.165) is 25.7 Å². The molecule has 0 aliphatic heterocycles. The second-order valence-corrected chi connectivity index (χ2v) is 8.07. The van der Waals surface area contributed by atoms with Gasteiger partial charge in [-0.2, -0.15) is 0 Å². The molecule has 6 nitrogen and oxygen atoms in total. The highest BCUT2D eigenvalue weighted by Crippen LogP contribution is 2.27. The Morgan fingerprint density at radius 3 is 2.26 bits per heavy atom. The van der Waals surface area contributed by atoms with Gasteiger partial charge in [0.15, 0.2) is 6.61 Å². The monoisotopic (exact) mass is 600 g/mol. The summed E-state index contributed by atoms with van der Waals surface area (Å²) in [6.07, 6.45) is 0.0506. The highest BCUT2D eigenvalue weighted by Gasteiger charge is 2.31. The van der Waals surface area contributed by atoms with Crippen LogP contribution in [0.3, 0.4) is 0 Å². The third-order valence-electron chi connectivity index (χ3n) is 3.78. The van der Waals surface area contributed by atoms with Gasteiger partial charge in [-0.25, -0.2) is 0 Å². The quantitative estimate of drug-likeness (QED) is 0.142. The number of carbonyl (C=O) groups excluding carboxylic acids is 2. The zero-order valence-electron chi connectivity index (χ0n) is 16.1. The molecule has 0 heterocycles. The Labute approximate surface area is 188 Å². The normalized spacial score (nSPS) is 11.9. The van der Waals surface area contributed by atoms with E-state index in [1.165, 1.54) is 0 Å². The number of rotatable bonds is 10. The van der Waals surface area contributed by atoms with Gasteiger partial charge in [-0.1, -0.05) is 63.3 Å². The lowest BCUT2D eigenvalue weighted by Crippen LogP contribution is -2.34. The van der Waals surface area contributed by atoms with E-state index in [2.05, 4.69) is 55.7 Å². The summed E-state index contributed by atoms with van der Waals surface area (Å²) in [6, 6.07) is 5.82. The van der Waals surface area contributed by atoms with E-state index in [1.807, 2.05) is 39.0 Å². The summed E-state index contributed by atoms with van der Waals surface area (Å²) >= 11 is 4.53. The summed E-state index contributed by atoms with van der Waals surface area (Å²) in [4.78, 5) is 29.3. The third kappa shape index (κ3) is 8.32. The first kappa shape index (κ1) is 24.1. The predicted octanol–water partition coefficient (Wildman–Crippen LogP) is 4.44. The minimum absolute atomic E-state index is 0.0506. The van der Waals surface area contributed by atoms with Crippen LogP contribution < -0.4 is 5.32 Å². The average molecular weight is 600 g/mol. The Hall–Kier alpha value is -0.910. The van der Waals surface area contributed by atoms with Gasteiger partial charge in [-0.15, -0.1) is 0 Å². The van der Waals surface area contributed by atoms with Gasteiger partial charge in [-0.05, 0) is 44.0 Å². The van der Waals surface area contributed by atoms with Crippen LogP contribution in [0, 0.1) is 19.3 Å². The molecule has 0 saturated carbocycles. The molecule has 0 saturated heterocycles. The maximum absolute atomic E-state index is 12.1. The summed E-state index contributed by atoms with van der Waals surface area (Å²) in [5, 5.41) is 6.92. The van der Waals surface area contributed by atoms with Gasteiger partial charge in [0.05, 0.1) is 18.7 Å². The zero-order chi connectivity index (χ0) is 20.4. The molecule has 0 aliphatic carbocycles. The minimum Gasteiger partial charge on any atom is -0.466 e. The molecule has 0 aromatic heterocycles. The molecular formula is C19H26I2N2O4. The highest BCUT2D eigenvalue weighted by atomic mass is 127. The SMILES string of the molecule is CCOC(=O)C/C(=N\OCC(=O)Nc1cc(C)cc(C)c1)C(C)(CI)CI. The molecule has 1 amide bonds. The highest BCUT2D eigenvalue weighted by molar-refractivity contribution is 14.1. The predicted molar refractivity (Wildman–Crippen MR) is 125 cm³/mol. The number of amides is 1. The number of oxime groups is 1. The van der Waals surface area contributed by atoms with Gasteiger partial charge in [0.25, 0.3) is 5.91 Å². The molecule has 1 aromatic carbocycles. The number of anilines is 1. The first-order valence-electron chi connectivity index (χ1n) is 8.59. The second-order valence-electron chi connectivity index (χ2n) is 6.55. The third-order valence-corrected chi connectivity index (χ3v) is 7.15. The number of benzene rings is 1. The fourth-order valence-electron chi connectivity index (χ4n) is 2.31. The van der Waals surface area contributed by atoms with Crippen molar-refractivity contribution < 1.29 is 19.2 Å². The van der Waals surface area contributed by atoms with Crippen LogP contribution in [-0.2, 0) is 19.2 Å². The zero-order valence-corrected chi connectivity index (χ0v) is 20.4. The number of aryl methyl sites for hydroxylation is 2. The Kier molecular flexibility index (Phi) is 10.6. The van der Waals surface area contributed by atoms with E-state index in [0.29, 0.717) is 12.3 Å². The summed E-state index contributed by atoms with van der Waals surface area (Å²) in [5.41, 5.74) is 3.14. The van der Waals surface area contributed by atoms with Gasteiger partial charge in [0.2, 0.25) is 0 Å². The van der Waals surface area contributed by atoms with Crippen LogP contribution in [0.5, 0.6) is 0 Å². The first-order valence-corrected chi connectivity index (χ1v) is 11.6. The van der Waals surface area contributed by atoms with Crippen LogP contribution >= 0.6 is 45.2 Å². The number of hydrogen-bond acceptors (Lipinski definition) is 5. The molecule has 150 valence electrons. The van der Waals surface area contributed by atoms with Crippen molar-refractivity contribution >= 4 is 68.5 Å². The molecule has 8 heteroatoms. The van der Waals surface area contributed by atoms with Gasteiger partial charge in [0.1, 0.15) is 0 Å². The Morgan fingerprint density at radius 1 is 1.15 bits per heavy atom. The lowest BCUT2D eigenvalue weighted by molar-refractivity contribution is -0.141. The summed E-state index contributed by atoms with van der Waals surface area (Å²) in [6.45, 7) is 7.82. The molecule has 0 atom stereocenters. The van der Waals surface area contributed by atoms with E-state index in [-0.39, 0.29) is 30.3 Å². The van der Waals surface area contributed by atoms with Gasteiger partial charge < -0.3 is 14.9 Å². The first-order chi connectivity index (χ1) is 12.7. The number of nitrogens with one attached hydrogen (secondary N) is 1. The topological polar surface area (TPSA) is 77.0 Å². The number of nitrogens with zero attached hydrogens (tertiary/aromatic N) is 1. The standard InChI is InChI=1S/C19H26I2N2O4/c1-5-26-18(25)9-16(19(4,11-20)12-21)23-27-10-17(24)22-15-7-13(2)6-14(3)8-15/h6-8H,5,9-12H2,1-4H3,(H,22,24)/b23-16+. The average Bonchev–Trinajstić information content (AvgIpc) is 2.59. The number of hydrogen-bond donors (Lipinski definition) is 1. The molecule has 0 radical (unpaired) electrons. The van der Waals surface area contributed by atoms with E-state index in [4.69, 9.17) is 9.57 Å². The van der Waals surface area contributed by atoms with Crippen molar-refractivity contribution in [3.63, 3.8) is 0 Å². The van der Waals surface area contributed by atoms with Crippen molar-refractivity contribution in [3.8, 4) is 0 Å². The van der Waals surface area contributed by atoms with Crippen molar-refractivity contribution in [1.82, 2.24) is 0 Å². The van der Waals surface area contributed by atoms with Crippen molar-refractivity contribution in [2.75, 3.05) is 27.4 Å². The maximum atomic E-state index is 12.1. The fraction of sp³-hybridized carbons (Fsp3) is 0.526. The molecule has 0 bridgehead atoms. The van der Waals surface area contributed by atoms with E-state index < -0.39 is 0 Å². The van der Waals surface area contributed by atoms with Crippen LogP contribution in [0.25, 0.3) is 0 Å². The largest absolute Gasteiger partial charge is 0.466 e. The molecule has 1 rings (SSSR count). The summed E-state index contributed by atoms with van der Waals surface area (Å²) in [7, 11) is 0. The smallest absolute Gasteiger partial charge is 0.311 e. The number of carbonyl (C=O) groups is 2. The number of halogens is 2. The minimum atomic E-state index is -0.347. The van der Waals surface area contributed by atoms with E-state index in [1.54, 1.807) is 6.92 Å². The molecule has 1 N–H and O–H groups in total. The molecule has 0 spiro atoms. The lowest BCUT2D eigenvalue weighted by atomic mass is 9.88. The second kappa shape index (κ2) is 11.8. The summed E-state index contributed by atoms with van der Waals surface area (Å²) < 4.78 is 6.56. The van der Waals surface area contributed by atoms with Crippen LogP contribution in [0.2, 0.25) is 0 Å². The molecule has 0 unspecified atom stereocenters. The van der Waals surface area contributed by atoms with Crippen molar-refractivity contribution in [2.45, 2.75) is 34.1 Å². The summed E-state index contributed by atoms with van der Waals surface area (Å²) in [5.74, 6) is -0.648. The molecule has 0 aliphatic rings.